The molecule has 5 rings (SSSR count). The number of hydrogen-bond donors (Lipinski definition) is 2. The standard InChI is InChI=1S/C27H24ClN3O3/c1-16-7-9-17(10-8-16)25-24-19(21-15-18(28)11-12-23(21)29-24)13-14-31(25)27(33)30-22-6-4-3-5-20(22)26(32)34-2/h3-12,15,25,29H,13-14H2,1-2H3,(H,30,33). The van der Waals surface area contributed by atoms with E-state index in [0.29, 0.717) is 29.2 Å². The second-order valence-corrected chi connectivity index (χ2v) is 8.87. The maximum Gasteiger partial charge on any atom is 0.339 e. The van der Waals surface area contributed by atoms with Crippen molar-refractivity contribution in [1.29, 1.82) is 0 Å². The number of carbonyl (C=O) groups is 2. The molecule has 4 aromatic rings. The lowest BCUT2D eigenvalue weighted by atomic mass is 9.92. The fraction of sp³-hybridized carbons (Fsp3) is 0.185. The minimum Gasteiger partial charge on any atom is -0.465 e. The molecule has 0 spiro atoms. The number of urea groups is 1. The molecule has 1 aliphatic heterocycles. The Morgan fingerprint density at radius 1 is 1.09 bits per heavy atom. The lowest BCUT2D eigenvalue weighted by Crippen LogP contribution is -2.43. The Kier molecular flexibility index (Phi) is 5.75. The van der Waals surface area contributed by atoms with Gasteiger partial charge in [0.15, 0.2) is 0 Å². The number of aromatic nitrogens is 1. The molecule has 0 saturated heterocycles. The van der Waals surface area contributed by atoms with E-state index in [2.05, 4.69) is 22.4 Å². The van der Waals surface area contributed by atoms with Crippen LogP contribution in [0.25, 0.3) is 10.9 Å². The van der Waals surface area contributed by atoms with Crippen LogP contribution < -0.4 is 5.32 Å². The summed E-state index contributed by atoms with van der Waals surface area (Å²) in [5.74, 6) is -0.501. The molecular weight excluding hydrogens is 450 g/mol. The third-order valence-corrected chi connectivity index (χ3v) is 6.55. The van der Waals surface area contributed by atoms with Crippen molar-refractivity contribution < 1.29 is 14.3 Å². The second-order valence-electron chi connectivity index (χ2n) is 8.43. The van der Waals surface area contributed by atoms with Gasteiger partial charge in [-0.15, -0.1) is 0 Å². The molecule has 1 aromatic heterocycles. The predicted molar refractivity (Wildman–Crippen MR) is 134 cm³/mol. The van der Waals surface area contributed by atoms with Crippen LogP contribution >= 0.6 is 11.6 Å². The first-order valence-corrected chi connectivity index (χ1v) is 11.5. The number of esters is 1. The SMILES string of the molecule is COC(=O)c1ccccc1NC(=O)N1CCc2c([nH]c3ccc(Cl)cc23)C1c1ccc(C)cc1. The highest BCUT2D eigenvalue weighted by Crippen LogP contribution is 2.39. The number of anilines is 1. The zero-order chi connectivity index (χ0) is 23.8. The molecule has 0 fully saturated rings. The molecule has 0 bridgehead atoms. The molecule has 3 aromatic carbocycles. The normalized spacial score (nSPS) is 15.1. The zero-order valence-electron chi connectivity index (χ0n) is 18.9. The molecule has 1 unspecified atom stereocenters. The first kappa shape index (κ1) is 22.0. The number of nitrogens with zero attached hydrogens (tertiary/aromatic N) is 1. The number of H-pyrrole nitrogens is 1. The van der Waals surface area contributed by atoms with Gasteiger partial charge >= 0.3 is 12.0 Å². The van der Waals surface area contributed by atoms with Gasteiger partial charge in [-0.25, -0.2) is 9.59 Å². The second kappa shape index (κ2) is 8.88. The van der Waals surface area contributed by atoms with Gasteiger partial charge in [0, 0.05) is 28.2 Å². The molecule has 2 amide bonds. The Bertz CT molecular complexity index is 1390. The lowest BCUT2D eigenvalue weighted by Gasteiger charge is -2.36. The van der Waals surface area contributed by atoms with E-state index in [9.17, 15) is 9.59 Å². The summed E-state index contributed by atoms with van der Waals surface area (Å²) in [6.07, 6.45) is 0.685. The van der Waals surface area contributed by atoms with Crippen LogP contribution in [0.1, 0.15) is 38.8 Å². The Hall–Kier alpha value is -3.77. The number of fused-ring (bicyclic) bond motifs is 3. The average molecular weight is 474 g/mol. The number of methoxy groups -OCH3 is 1. The van der Waals surface area contributed by atoms with Gasteiger partial charge in [0.2, 0.25) is 0 Å². The van der Waals surface area contributed by atoms with E-state index in [1.165, 1.54) is 12.7 Å². The number of para-hydroxylation sites is 1. The van der Waals surface area contributed by atoms with E-state index in [4.69, 9.17) is 16.3 Å². The summed E-state index contributed by atoms with van der Waals surface area (Å²) in [6, 6.07) is 20.2. The number of nitrogens with one attached hydrogen (secondary N) is 2. The van der Waals surface area contributed by atoms with E-state index < -0.39 is 5.97 Å². The smallest absolute Gasteiger partial charge is 0.339 e. The van der Waals surface area contributed by atoms with E-state index in [1.807, 2.05) is 37.3 Å². The highest BCUT2D eigenvalue weighted by atomic mass is 35.5. The minimum atomic E-state index is -0.501. The van der Waals surface area contributed by atoms with Crippen molar-refractivity contribution in [1.82, 2.24) is 9.88 Å². The third kappa shape index (κ3) is 3.90. The molecule has 1 atom stereocenters. The van der Waals surface area contributed by atoms with Gasteiger partial charge in [0.25, 0.3) is 0 Å². The maximum atomic E-state index is 13.6. The van der Waals surface area contributed by atoms with Crippen molar-refractivity contribution >= 4 is 40.2 Å². The number of aryl methyl sites for hydroxylation is 1. The number of ether oxygens (including phenoxy) is 1. The maximum absolute atomic E-state index is 13.6. The van der Waals surface area contributed by atoms with E-state index in [1.54, 1.807) is 29.2 Å². The third-order valence-electron chi connectivity index (χ3n) is 6.32. The monoisotopic (exact) mass is 473 g/mol. The number of benzene rings is 3. The van der Waals surface area contributed by atoms with Crippen LogP contribution in [0.5, 0.6) is 0 Å². The lowest BCUT2D eigenvalue weighted by molar-refractivity contribution is 0.0602. The quantitative estimate of drug-likeness (QED) is 0.353. The topological polar surface area (TPSA) is 74.4 Å². The van der Waals surface area contributed by atoms with Crippen LogP contribution in [0.2, 0.25) is 5.02 Å². The number of amides is 2. The summed E-state index contributed by atoms with van der Waals surface area (Å²) in [6.45, 7) is 2.55. The van der Waals surface area contributed by atoms with Crippen molar-refractivity contribution in [2.24, 2.45) is 0 Å². The van der Waals surface area contributed by atoms with E-state index in [-0.39, 0.29) is 12.1 Å². The molecule has 0 aliphatic carbocycles. The van der Waals surface area contributed by atoms with E-state index in [0.717, 1.165) is 27.7 Å². The molecule has 6 nitrogen and oxygen atoms in total. The highest BCUT2D eigenvalue weighted by Gasteiger charge is 2.35. The minimum absolute atomic E-state index is 0.288. The molecular formula is C27H24ClN3O3. The fourth-order valence-corrected chi connectivity index (χ4v) is 4.81. The average Bonchev–Trinajstić information content (AvgIpc) is 3.21. The summed E-state index contributed by atoms with van der Waals surface area (Å²) in [5, 5.41) is 4.69. The Balaban J connectivity index is 1.57. The Labute approximate surface area is 202 Å². The molecule has 34 heavy (non-hydrogen) atoms. The van der Waals surface area contributed by atoms with Crippen molar-refractivity contribution in [2.45, 2.75) is 19.4 Å². The van der Waals surface area contributed by atoms with Crippen LogP contribution in [-0.2, 0) is 11.2 Å². The largest absolute Gasteiger partial charge is 0.465 e. The van der Waals surface area contributed by atoms with Crippen LogP contribution in [0.15, 0.2) is 66.7 Å². The fourth-order valence-electron chi connectivity index (χ4n) is 4.64. The van der Waals surface area contributed by atoms with Gasteiger partial charge in [-0.3, -0.25) is 0 Å². The van der Waals surface area contributed by atoms with E-state index >= 15 is 0 Å². The van der Waals surface area contributed by atoms with Crippen LogP contribution in [0.4, 0.5) is 10.5 Å². The number of halogens is 1. The summed E-state index contributed by atoms with van der Waals surface area (Å²) >= 11 is 6.28. The first-order valence-electron chi connectivity index (χ1n) is 11.1. The van der Waals surface area contributed by atoms with Gasteiger partial charge in [-0.2, -0.15) is 0 Å². The number of hydrogen-bond acceptors (Lipinski definition) is 3. The number of carbonyl (C=O) groups excluding carboxylic acids is 2. The first-order chi connectivity index (χ1) is 16.5. The molecule has 2 heterocycles. The van der Waals surface area contributed by atoms with Crippen molar-refractivity contribution in [3.05, 3.63) is 99.7 Å². The highest BCUT2D eigenvalue weighted by molar-refractivity contribution is 6.31. The van der Waals surface area contributed by atoms with Crippen molar-refractivity contribution in [2.75, 3.05) is 19.0 Å². The van der Waals surface area contributed by atoms with Gasteiger partial charge < -0.3 is 19.9 Å². The molecule has 7 heteroatoms. The molecule has 1 aliphatic rings. The predicted octanol–water partition coefficient (Wildman–Crippen LogP) is 6.10. The Morgan fingerprint density at radius 3 is 2.62 bits per heavy atom. The Morgan fingerprint density at radius 2 is 1.85 bits per heavy atom. The van der Waals surface area contributed by atoms with Crippen LogP contribution in [-0.4, -0.2) is 35.5 Å². The van der Waals surface area contributed by atoms with Gasteiger partial charge in [0.05, 0.1) is 24.4 Å². The van der Waals surface area contributed by atoms with Crippen molar-refractivity contribution in [3.63, 3.8) is 0 Å². The summed E-state index contributed by atoms with van der Waals surface area (Å²) in [4.78, 5) is 31.1. The van der Waals surface area contributed by atoms with Gasteiger partial charge in [0.1, 0.15) is 0 Å². The molecule has 172 valence electrons. The van der Waals surface area contributed by atoms with Crippen LogP contribution in [0, 0.1) is 6.92 Å². The summed E-state index contributed by atoms with van der Waals surface area (Å²) < 4.78 is 4.88. The van der Waals surface area contributed by atoms with Crippen molar-refractivity contribution in [3.8, 4) is 0 Å². The number of aromatic amines is 1. The van der Waals surface area contributed by atoms with Crippen LogP contribution in [0.3, 0.4) is 0 Å². The number of rotatable bonds is 3. The summed E-state index contributed by atoms with van der Waals surface area (Å²) in [7, 11) is 1.32. The zero-order valence-corrected chi connectivity index (χ0v) is 19.6. The van der Waals surface area contributed by atoms with Gasteiger partial charge in [-0.05, 0) is 54.8 Å². The molecule has 0 saturated carbocycles. The molecule has 0 radical (unpaired) electrons. The molecule has 2 N–H and O–H groups in total. The van der Waals surface area contributed by atoms with Gasteiger partial charge in [-0.1, -0.05) is 53.6 Å². The summed E-state index contributed by atoms with van der Waals surface area (Å²) in [5.41, 5.74) is 6.00.